The van der Waals surface area contributed by atoms with Crippen molar-refractivity contribution >= 4 is 51.8 Å². The number of ether oxygens (including phenoxy) is 2. The Labute approximate surface area is 185 Å². The normalized spacial score (nSPS) is 11.9. The maximum absolute atomic E-state index is 11.2. The van der Waals surface area contributed by atoms with Crippen LogP contribution in [0.25, 0.3) is 0 Å². The molecule has 0 fully saturated rings. The molecule has 0 bridgehead atoms. The Morgan fingerprint density at radius 3 is 1.10 bits per heavy atom. The second-order valence-electron chi connectivity index (χ2n) is 6.36. The highest BCUT2D eigenvalue weighted by molar-refractivity contribution is 8.70. The van der Waals surface area contributed by atoms with Gasteiger partial charge < -0.3 is 9.47 Å². The summed E-state index contributed by atoms with van der Waals surface area (Å²) >= 11 is 0. The first-order valence-corrected chi connectivity index (χ1v) is 15.4. The van der Waals surface area contributed by atoms with E-state index in [1.54, 1.807) is 0 Å². The largest absolute Gasteiger partial charge is 0.465 e. The van der Waals surface area contributed by atoms with Gasteiger partial charge in [0.15, 0.2) is 0 Å². The standard InChI is InChI=1S/C16H30O10S4/c17-15(13-27-29(19,20)21)25-11-9-7-5-3-1-2-4-6-8-10-12-26-16(18)14-28-30(22,23)24/h1-14H2,(H,19,20,21)(H,22,23,24). The third-order valence-electron chi connectivity index (χ3n) is 3.72. The minimum Gasteiger partial charge on any atom is -0.465 e. The van der Waals surface area contributed by atoms with Gasteiger partial charge in [-0.3, -0.25) is 18.7 Å². The van der Waals surface area contributed by atoms with Crippen molar-refractivity contribution in [2.24, 2.45) is 0 Å². The van der Waals surface area contributed by atoms with E-state index < -0.39 is 41.7 Å². The molecule has 0 radical (unpaired) electrons. The Morgan fingerprint density at radius 1 is 0.567 bits per heavy atom. The van der Waals surface area contributed by atoms with Crippen LogP contribution < -0.4 is 0 Å². The molecule has 0 aromatic rings. The average Bonchev–Trinajstić information content (AvgIpc) is 2.63. The Kier molecular flexibility index (Phi) is 16.8. The van der Waals surface area contributed by atoms with Crippen LogP contribution in [-0.4, -0.2) is 62.6 Å². The van der Waals surface area contributed by atoms with E-state index >= 15 is 0 Å². The SMILES string of the molecule is O=C(CSS(=O)(=O)O)OCCCCCCCCCCCCOC(=O)CSS(=O)(=O)O. The maximum atomic E-state index is 11.2. The van der Waals surface area contributed by atoms with Crippen molar-refractivity contribution in [2.45, 2.75) is 64.2 Å². The molecule has 10 nitrogen and oxygen atoms in total. The monoisotopic (exact) mass is 510 g/mol. The fraction of sp³-hybridized carbons (Fsp3) is 0.875. The number of unbranched alkanes of at least 4 members (excludes halogenated alkanes) is 9. The van der Waals surface area contributed by atoms with Gasteiger partial charge in [0.1, 0.15) is 11.5 Å². The Balaban J connectivity index is 3.32. The van der Waals surface area contributed by atoms with Crippen molar-refractivity contribution in [3.8, 4) is 0 Å². The summed E-state index contributed by atoms with van der Waals surface area (Å²) in [6.45, 7) is 0.480. The molecule has 2 N–H and O–H groups in total. The first kappa shape index (κ1) is 29.5. The Bertz CT molecular complexity index is 631. The number of esters is 2. The average molecular weight is 511 g/mol. The summed E-state index contributed by atoms with van der Waals surface area (Å²) < 4.78 is 68.6. The molecule has 0 aliphatic carbocycles. The summed E-state index contributed by atoms with van der Waals surface area (Å²) in [4.78, 5) is 22.4. The quantitative estimate of drug-likeness (QED) is 0.113. The molecule has 30 heavy (non-hydrogen) atoms. The zero-order chi connectivity index (χ0) is 22.9. The molecule has 14 heteroatoms. The highest BCUT2D eigenvalue weighted by Crippen LogP contribution is 2.12. The summed E-state index contributed by atoms with van der Waals surface area (Å²) in [5.41, 5.74) is 0. The lowest BCUT2D eigenvalue weighted by atomic mass is 10.1. The first-order valence-electron chi connectivity index (χ1n) is 9.54. The third-order valence-corrected chi connectivity index (χ3v) is 7.51. The number of carbonyl (C=O) groups is 2. The fourth-order valence-electron chi connectivity index (χ4n) is 2.32. The number of hydrogen-bond donors (Lipinski definition) is 2. The summed E-state index contributed by atoms with van der Waals surface area (Å²) in [5, 5.41) is 0. The molecule has 0 aromatic heterocycles. The maximum Gasteiger partial charge on any atom is 0.320 e. The molecule has 178 valence electrons. The van der Waals surface area contributed by atoms with Crippen LogP contribution in [0, 0.1) is 0 Å². The molecule has 0 aromatic carbocycles. The highest BCUT2D eigenvalue weighted by Gasteiger charge is 2.12. The van der Waals surface area contributed by atoms with Crippen LogP contribution >= 0.6 is 21.6 Å². The predicted octanol–water partition coefficient (Wildman–Crippen LogP) is 3.05. The van der Waals surface area contributed by atoms with Crippen LogP contribution in [0.1, 0.15) is 64.2 Å². The lowest BCUT2D eigenvalue weighted by molar-refractivity contribution is -0.141. The Morgan fingerprint density at radius 2 is 0.833 bits per heavy atom. The third kappa shape index (κ3) is 23.7. The molecule has 0 saturated heterocycles. The number of carbonyl (C=O) groups excluding carboxylic acids is 2. The molecule has 0 heterocycles. The minimum atomic E-state index is -4.22. The van der Waals surface area contributed by atoms with E-state index in [9.17, 15) is 26.4 Å². The Hall–Kier alpha value is -0.540. The van der Waals surface area contributed by atoms with Crippen molar-refractivity contribution in [1.29, 1.82) is 0 Å². The molecule has 0 unspecified atom stereocenters. The van der Waals surface area contributed by atoms with Gasteiger partial charge in [0.2, 0.25) is 0 Å². The molecule has 0 atom stereocenters. The van der Waals surface area contributed by atoms with Crippen molar-refractivity contribution < 1.29 is 45.0 Å². The predicted molar refractivity (Wildman–Crippen MR) is 116 cm³/mol. The summed E-state index contributed by atoms with van der Waals surface area (Å²) in [6, 6.07) is 0. The van der Waals surface area contributed by atoms with Crippen molar-refractivity contribution in [2.75, 3.05) is 24.7 Å². The van der Waals surface area contributed by atoms with E-state index in [-0.39, 0.29) is 34.8 Å². The van der Waals surface area contributed by atoms with Crippen LogP contribution in [0.5, 0.6) is 0 Å². The molecular weight excluding hydrogens is 480 g/mol. The van der Waals surface area contributed by atoms with Crippen LogP contribution in [0.4, 0.5) is 0 Å². The van der Waals surface area contributed by atoms with E-state index in [2.05, 4.69) is 0 Å². The van der Waals surface area contributed by atoms with Crippen LogP contribution in [0.3, 0.4) is 0 Å². The van der Waals surface area contributed by atoms with E-state index in [0.29, 0.717) is 12.8 Å². The lowest BCUT2D eigenvalue weighted by Gasteiger charge is -2.05. The summed E-state index contributed by atoms with van der Waals surface area (Å²) in [5.74, 6) is -2.17. The van der Waals surface area contributed by atoms with Gasteiger partial charge in [-0.05, 0) is 12.8 Å². The van der Waals surface area contributed by atoms with Gasteiger partial charge >= 0.3 is 30.2 Å². The van der Waals surface area contributed by atoms with Gasteiger partial charge in [0.25, 0.3) is 0 Å². The van der Waals surface area contributed by atoms with E-state index in [1.807, 2.05) is 0 Å². The van der Waals surface area contributed by atoms with Gasteiger partial charge in [-0.15, -0.1) is 0 Å². The van der Waals surface area contributed by atoms with Crippen molar-refractivity contribution in [3.05, 3.63) is 0 Å². The van der Waals surface area contributed by atoms with E-state index in [0.717, 1.165) is 51.4 Å². The van der Waals surface area contributed by atoms with Gasteiger partial charge in [-0.1, -0.05) is 51.4 Å². The molecular formula is C16H30O10S4. The van der Waals surface area contributed by atoms with Crippen LogP contribution in [-0.2, 0) is 37.4 Å². The van der Waals surface area contributed by atoms with Gasteiger partial charge in [-0.2, -0.15) is 16.8 Å². The lowest BCUT2D eigenvalue weighted by Crippen LogP contribution is -2.10. The topological polar surface area (TPSA) is 161 Å². The van der Waals surface area contributed by atoms with Gasteiger partial charge in [0.05, 0.1) is 13.2 Å². The first-order chi connectivity index (χ1) is 14.0. The zero-order valence-corrected chi connectivity index (χ0v) is 20.0. The summed E-state index contributed by atoms with van der Waals surface area (Å²) in [6.07, 6.45) is 9.67. The minimum absolute atomic E-state index is 0.133. The molecule has 0 amide bonds. The second kappa shape index (κ2) is 17.1. The molecule has 0 aliphatic heterocycles. The van der Waals surface area contributed by atoms with Gasteiger partial charge in [-0.25, -0.2) is 0 Å². The van der Waals surface area contributed by atoms with Crippen LogP contribution in [0.2, 0.25) is 0 Å². The highest BCUT2D eigenvalue weighted by atomic mass is 33.2. The van der Waals surface area contributed by atoms with Crippen molar-refractivity contribution in [3.63, 3.8) is 0 Å². The smallest absolute Gasteiger partial charge is 0.320 e. The van der Waals surface area contributed by atoms with Crippen LogP contribution in [0.15, 0.2) is 0 Å². The second-order valence-corrected chi connectivity index (χ2v) is 13.1. The van der Waals surface area contributed by atoms with E-state index in [1.165, 1.54) is 0 Å². The molecule has 0 rings (SSSR count). The number of hydrogen-bond acceptors (Lipinski definition) is 10. The fourth-order valence-corrected chi connectivity index (χ4v) is 4.45. The molecule has 0 saturated carbocycles. The van der Waals surface area contributed by atoms with E-state index in [4.69, 9.17) is 18.6 Å². The zero-order valence-electron chi connectivity index (χ0n) is 16.7. The summed E-state index contributed by atoms with van der Waals surface area (Å²) in [7, 11) is -8.17. The molecule has 0 aliphatic rings. The number of rotatable bonds is 19. The molecule has 0 spiro atoms. The van der Waals surface area contributed by atoms with Gasteiger partial charge in [0, 0.05) is 21.6 Å². The van der Waals surface area contributed by atoms with Crippen molar-refractivity contribution in [1.82, 2.24) is 0 Å².